The molecule has 2 N–H and O–H groups in total. The monoisotopic (exact) mass is 236 g/mol. The van der Waals surface area contributed by atoms with E-state index in [1.807, 2.05) is 6.92 Å². The molecule has 0 aliphatic carbocycles. The molecule has 4 nitrogen and oxygen atoms in total. The van der Waals surface area contributed by atoms with Crippen LogP contribution in [0.1, 0.15) is 24.1 Å². The van der Waals surface area contributed by atoms with Crippen LogP contribution in [-0.2, 0) is 6.61 Å². The molecule has 1 atom stereocenters. The Balaban J connectivity index is 2.16. The molecule has 0 bridgehead atoms. The van der Waals surface area contributed by atoms with Gasteiger partial charge in [0.1, 0.15) is 24.4 Å². The fraction of sp³-hybridized carbons (Fsp3) is 0.250. The SMILES string of the molecule is CC(N)c1ccc(F)cc1OCc1cnoc1. The van der Waals surface area contributed by atoms with Gasteiger partial charge in [-0.15, -0.1) is 0 Å². The Morgan fingerprint density at radius 2 is 2.35 bits per heavy atom. The van der Waals surface area contributed by atoms with E-state index in [0.29, 0.717) is 5.75 Å². The molecule has 90 valence electrons. The fourth-order valence-electron chi connectivity index (χ4n) is 1.47. The van der Waals surface area contributed by atoms with E-state index in [-0.39, 0.29) is 18.5 Å². The Bertz CT molecular complexity index is 483. The van der Waals surface area contributed by atoms with Crippen molar-refractivity contribution < 1.29 is 13.7 Å². The third-order valence-electron chi connectivity index (χ3n) is 2.34. The van der Waals surface area contributed by atoms with Crippen LogP contribution in [-0.4, -0.2) is 5.16 Å². The molecule has 0 aliphatic heterocycles. The molecular weight excluding hydrogens is 223 g/mol. The van der Waals surface area contributed by atoms with Crippen LogP contribution in [0.25, 0.3) is 0 Å². The van der Waals surface area contributed by atoms with E-state index in [1.165, 1.54) is 18.4 Å². The third-order valence-corrected chi connectivity index (χ3v) is 2.34. The van der Waals surface area contributed by atoms with Gasteiger partial charge < -0.3 is 15.0 Å². The number of hydrogen-bond donors (Lipinski definition) is 1. The minimum Gasteiger partial charge on any atom is -0.488 e. The lowest BCUT2D eigenvalue weighted by atomic mass is 10.1. The molecular formula is C12H13FN2O2. The Kier molecular flexibility index (Phi) is 3.39. The maximum Gasteiger partial charge on any atom is 0.130 e. The average Bonchev–Trinajstić information content (AvgIpc) is 2.78. The summed E-state index contributed by atoms with van der Waals surface area (Å²) in [4.78, 5) is 0. The second-order valence-electron chi connectivity index (χ2n) is 3.79. The number of nitrogens with two attached hydrogens (primary N) is 1. The van der Waals surface area contributed by atoms with Crippen LogP contribution in [0.3, 0.4) is 0 Å². The summed E-state index contributed by atoms with van der Waals surface area (Å²) in [5.41, 5.74) is 7.33. The van der Waals surface area contributed by atoms with Gasteiger partial charge in [0.15, 0.2) is 0 Å². The molecule has 2 aromatic rings. The molecule has 0 spiro atoms. The van der Waals surface area contributed by atoms with Crippen molar-refractivity contribution in [3.8, 4) is 5.75 Å². The van der Waals surface area contributed by atoms with Crippen molar-refractivity contribution in [2.75, 3.05) is 0 Å². The first-order chi connectivity index (χ1) is 8.16. The normalized spacial score (nSPS) is 12.4. The Labute approximate surface area is 98.2 Å². The van der Waals surface area contributed by atoms with Gasteiger partial charge in [-0.3, -0.25) is 0 Å². The number of ether oxygens (including phenoxy) is 1. The highest BCUT2D eigenvalue weighted by molar-refractivity contribution is 5.36. The van der Waals surface area contributed by atoms with E-state index in [2.05, 4.69) is 9.68 Å². The molecule has 2 rings (SSSR count). The van der Waals surface area contributed by atoms with Crippen molar-refractivity contribution in [3.05, 3.63) is 47.6 Å². The van der Waals surface area contributed by atoms with Crippen LogP contribution in [0.4, 0.5) is 4.39 Å². The average molecular weight is 236 g/mol. The molecule has 0 aliphatic rings. The van der Waals surface area contributed by atoms with Crippen molar-refractivity contribution in [2.45, 2.75) is 19.6 Å². The van der Waals surface area contributed by atoms with Gasteiger partial charge in [0.05, 0.1) is 6.20 Å². The van der Waals surface area contributed by atoms with E-state index in [4.69, 9.17) is 10.5 Å². The minimum atomic E-state index is -0.352. The van der Waals surface area contributed by atoms with Gasteiger partial charge in [-0.1, -0.05) is 11.2 Å². The molecule has 0 fully saturated rings. The Morgan fingerprint density at radius 3 is 3.00 bits per heavy atom. The molecule has 1 aromatic carbocycles. The molecule has 1 unspecified atom stereocenters. The highest BCUT2D eigenvalue weighted by Crippen LogP contribution is 2.25. The molecule has 17 heavy (non-hydrogen) atoms. The molecule has 0 amide bonds. The summed E-state index contributed by atoms with van der Waals surface area (Å²) in [6.45, 7) is 2.09. The first-order valence-electron chi connectivity index (χ1n) is 5.23. The van der Waals surface area contributed by atoms with Crippen LogP contribution in [0, 0.1) is 5.82 Å². The first-order valence-corrected chi connectivity index (χ1v) is 5.23. The van der Waals surface area contributed by atoms with Crippen LogP contribution in [0.15, 0.2) is 35.2 Å². The van der Waals surface area contributed by atoms with E-state index in [9.17, 15) is 4.39 Å². The van der Waals surface area contributed by atoms with Gasteiger partial charge in [0, 0.05) is 23.2 Å². The van der Waals surface area contributed by atoms with Gasteiger partial charge in [0.25, 0.3) is 0 Å². The zero-order valence-corrected chi connectivity index (χ0v) is 9.39. The maximum atomic E-state index is 13.1. The summed E-state index contributed by atoms with van der Waals surface area (Å²) in [6.07, 6.45) is 3.02. The van der Waals surface area contributed by atoms with Crippen LogP contribution >= 0.6 is 0 Å². The molecule has 5 heteroatoms. The predicted molar refractivity (Wildman–Crippen MR) is 59.8 cm³/mol. The summed E-state index contributed by atoms with van der Waals surface area (Å²) in [7, 11) is 0. The second kappa shape index (κ2) is 4.97. The number of nitrogens with zero attached hydrogens (tertiary/aromatic N) is 1. The van der Waals surface area contributed by atoms with Crippen molar-refractivity contribution in [3.63, 3.8) is 0 Å². The van der Waals surface area contributed by atoms with Gasteiger partial charge in [-0.05, 0) is 13.0 Å². The Morgan fingerprint density at radius 1 is 1.53 bits per heavy atom. The van der Waals surface area contributed by atoms with E-state index >= 15 is 0 Å². The standard InChI is InChI=1S/C12H13FN2O2/c1-8(14)11-3-2-10(13)4-12(11)16-6-9-5-15-17-7-9/h2-5,7-8H,6,14H2,1H3. The number of hydrogen-bond acceptors (Lipinski definition) is 4. The van der Waals surface area contributed by atoms with Crippen molar-refractivity contribution >= 4 is 0 Å². The highest BCUT2D eigenvalue weighted by Gasteiger charge is 2.10. The zero-order valence-electron chi connectivity index (χ0n) is 9.39. The predicted octanol–water partition coefficient (Wildman–Crippen LogP) is 2.41. The topological polar surface area (TPSA) is 61.3 Å². The molecule has 0 saturated heterocycles. The number of benzene rings is 1. The second-order valence-corrected chi connectivity index (χ2v) is 3.79. The van der Waals surface area contributed by atoms with Gasteiger partial charge in [-0.25, -0.2) is 4.39 Å². The summed E-state index contributed by atoms with van der Waals surface area (Å²) >= 11 is 0. The van der Waals surface area contributed by atoms with Crippen molar-refractivity contribution in [1.82, 2.24) is 5.16 Å². The summed E-state index contributed by atoms with van der Waals surface area (Å²) in [5, 5.41) is 3.56. The fourth-order valence-corrected chi connectivity index (χ4v) is 1.47. The maximum absolute atomic E-state index is 13.1. The van der Waals surface area contributed by atoms with Gasteiger partial charge in [-0.2, -0.15) is 0 Å². The molecule has 1 aromatic heterocycles. The van der Waals surface area contributed by atoms with Gasteiger partial charge >= 0.3 is 0 Å². The third kappa shape index (κ3) is 2.82. The lowest BCUT2D eigenvalue weighted by Gasteiger charge is -2.13. The summed E-state index contributed by atoms with van der Waals surface area (Å²) < 4.78 is 23.3. The quantitative estimate of drug-likeness (QED) is 0.885. The molecule has 0 saturated carbocycles. The van der Waals surface area contributed by atoms with Gasteiger partial charge in [0.2, 0.25) is 0 Å². The highest BCUT2D eigenvalue weighted by atomic mass is 19.1. The summed E-state index contributed by atoms with van der Waals surface area (Å²) in [5.74, 6) is 0.0934. The van der Waals surface area contributed by atoms with Crippen molar-refractivity contribution in [2.24, 2.45) is 5.73 Å². The number of rotatable bonds is 4. The largest absolute Gasteiger partial charge is 0.488 e. The first kappa shape index (κ1) is 11.6. The van der Waals surface area contributed by atoms with E-state index in [0.717, 1.165) is 11.1 Å². The smallest absolute Gasteiger partial charge is 0.130 e. The lowest BCUT2D eigenvalue weighted by Crippen LogP contribution is -2.08. The van der Waals surface area contributed by atoms with E-state index in [1.54, 1.807) is 12.3 Å². The number of aromatic nitrogens is 1. The van der Waals surface area contributed by atoms with Crippen LogP contribution in [0.2, 0.25) is 0 Å². The molecule has 1 heterocycles. The summed E-state index contributed by atoms with van der Waals surface area (Å²) in [6, 6.07) is 4.10. The minimum absolute atomic E-state index is 0.215. The number of halogens is 1. The van der Waals surface area contributed by atoms with E-state index < -0.39 is 0 Å². The van der Waals surface area contributed by atoms with Crippen LogP contribution < -0.4 is 10.5 Å². The van der Waals surface area contributed by atoms with Crippen molar-refractivity contribution in [1.29, 1.82) is 0 Å². The zero-order chi connectivity index (χ0) is 12.3. The Hall–Kier alpha value is -1.88. The molecule has 0 radical (unpaired) electrons. The lowest BCUT2D eigenvalue weighted by molar-refractivity contribution is 0.298. The van der Waals surface area contributed by atoms with Crippen LogP contribution in [0.5, 0.6) is 5.75 Å².